The minimum absolute atomic E-state index is 0.0580. The van der Waals surface area contributed by atoms with E-state index >= 15 is 0 Å². The molecule has 1 unspecified atom stereocenters. The molecule has 0 saturated heterocycles. The maximum absolute atomic E-state index is 10.6. The minimum Gasteiger partial charge on any atom is -0.433 e. The summed E-state index contributed by atoms with van der Waals surface area (Å²) in [6.45, 7) is 8.68. The van der Waals surface area contributed by atoms with Crippen molar-refractivity contribution in [3.8, 4) is 0 Å². The molecule has 0 bridgehead atoms. The molecule has 0 aromatic heterocycles. The lowest BCUT2D eigenvalue weighted by Gasteiger charge is -2.15. The number of hydrogen-bond acceptors (Lipinski definition) is 3. The van der Waals surface area contributed by atoms with Crippen molar-refractivity contribution < 1.29 is 14.3 Å². The molecule has 0 aromatic carbocycles. The van der Waals surface area contributed by atoms with Crippen LogP contribution in [0.3, 0.4) is 0 Å². The fourth-order valence-electron chi connectivity index (χ4n) is 0.623. The van der Waals surface area contributed by atoms with Gasteiger partial charge in [-0.3, -0.25) is 0 Å². The first-order chi connectivity index (χ1) is 5.06. The largest absolute Gasteiger partial charge is 0.433 e. The standard InChI is InChI=1S/C8H14O3/c1-5-8(9)11-7(4)10-6(2)3/h5-7H,1H2,2-4H3. The van der Waals surface area contributed by atoms with Crippen molar-refractivity contribution in [3.63, 3.8) is 0 Å². The topological polar surface area (TPSA) is 35.5 Å². The number of carbonyl (C=O) groups excluding carboxylic acids is 1. The Morgan fingerprint density at radius 3 is 2.36 bits per heavy atom. The monoisotopic (exact) mass is 158 g/mol. The van der Waals surface area contributed by atoms with Gasteiger partial charge in [0.25, 0.3) is 0 Å². The lowest BCUT2D eigenvalue weighted by molar-refractivity contribution is -0.175. The van der Waals surface area contributed by atoms with Crippen LogP contribution in [0.2, 0.25) is 0 Å². The van der Waals surface area contributed by atoms with E-state index < -0.39 is 12.3 Å². The summed E-state index contributed by atoms with van der Waals surface area (Å²) < 4.78 is 9.86. The van der Waals surface area contributed by atoms with Gasteiger partial charge in [-0.05, 0) is 20.8 Å². The van der Waals surface area contributed by atoms with Crippen LogP contribution in [0.1, 0.15) is 20.8 Å². The lowest BCUT2D eigenvalue weighted by Crippen LogP contribution is -2.20. The van der Waals surface area contributed by atoms with Crippen molar-refractivity contribution in [2.24, 2.45) is 0 Å². The average Bonchev–Trinajstić information content (AvgIpc) is 1.85. The first-order valence-electron chi connectivity index (χ1n) is 3.54. The molecule has 0 amide bonds. The van der Waals surface area contributed by atoms with Gasteiger partial charge in [0.05, 0.1) is 6.10 Å². The van der Waals surface area contributed by atoms with E-state index in [1.807, 2.05) is 13.8 Å². The molecule has 0 aliphatic rings. The van der Waals surface area contributed by atoms with Gasteiger partial charge in [-0.25, -0.2) is 4.79 Å². The highest BCUT2D eigenvalue weighted by Crippen LogP contribution is 1.98. The SMILES string of the molecule is C=CC(=O)OC(C)OC(C)C. The molecule has 3 nitrogen and oxygen atoms in total. The third-order valence-electron chi connectivity index (χ3n) is 0.913. The molecule has 0 radical (unpaired) electrons. The van der Waals surface area contributed by atoms with Crippen LogP contribution >= 0.6 is 0 Å². The normalized spacial score (nSPS) is 12.7. The maximum atomic E-state index is 10.6. The van der Waals surface area contributed by atoms with E-state index in [9.17, 15) is 4.79 Å². The zero-order valence-corrected chi connectivity index (χ0v) is 7.16. The van der Waals surface area contributed by atoms with Crippen LogP contribution in [-0.4, -0.2) is 18.4 Å². The Morgan fingerprint density at radius 2 is 2.00 bits per heavy atom. The Hall–Kier alpha value is -0.830. The fourth-order valence-corrected chi connectivity index (χ4v) is 0.623. The molecule has 3 heteroatoms. The van der Waals surface area contributed by atoms with Crippen LogP contribution in [0.25, 0.3) is 0 Å². The van der Waals surface area contributed by atoms with E-state index in [0.717, 1.165) is 6.08 Å². The first kappa shape index (κ1) is 10.2. The Morgan fingerprint density at radius 1 is 1.45 bits per heavy atom. The number of rotatable bonds is 4. The van der Waals surface area contributed by atoms with Crippen LogP contribution in [0.15, 0.2) is 12.7 Å². The van der Waals surface area contributed by atoms with Gasteiger partial charge in [0.2, 0.25) is 6.29 Å². The molecule has 0 N–H and O–H groups in total. The lowest BCUT2D eigenvalue weighted by atomic mass is 10.5. The van der Waals surface area contributed by atoms with Gasteiger partial charge in [-0.2, -0.15) is 0 Å². The van der Waals surface area contributed by atoms with Crippen LogP contribution in [0, 0.1) is 0 Å². The summed E-state index contributed by atoms with van der Waals surface area (Å²) >= 11 is 0. The summed E-state index contributed by atoms with van der Waals surface area (Å²) in [5.41, 5.74) is 0. The molecule has 0 aliphatic heterocycles. The van der Waals surface area contributed by atoms with E-state index in [-0.39, 0.29) is 6.10 Å². The quantitative estimate of drug-likeness (QED) is 0.353. The third-order valence-corrected chi connectivity index (χ3v) is 0.913. The van der Waals surface area contributed by atoms with E-state index in [0.29, 0.717) is 0 Å². The number of ether oxygens (including phenoxy) is 2. The predicted molar refractivity (Wildman–Crippen MR) is 42.0 cm³/mol. The van der Waals surface area contributed by atoms with E-state index in [1.54, 1.807) is 6.92 Å². The van der Waals surface area contributed by atoms with E-state index in [1.165, 1.54) is 0 Å². The molecule has 0 saturated carbocycles. The molecule has 0 rings (SSSR count). The van der Waals surface area contributed by atoms with Crippen molar-refractivity contribution in [1.29, 1.82) is 0 Å². The highest BCUT2D eigenvalue weighted by atomic mass is 16.7. The second-order valence-corrected chi connectivity index (χ2v) is 2.39. The van der Waals surface area contributed by atoms with Crippen molar-refractivity contribution >= 4 is 5.97 Å². The summed E-state index contributed by atoms with van der Waals surface area (Å²) in [5, 5.41) is 0. The first-order valence-corrected chi connectivity index (χ1v) is 3.54. The van der Waals surface area contributed by atoms with Crippen molar-refractivity contribution in [1.82, 2.24) is 0 Å². The zero-order chi connectivity index (χ0) is 8.85. The van der Waals surface area contributed by atoms with Crippen molar-refractivity contribution in [3.05, 3.63) is 12.7 Å². The molecular formula is C8H14O3. The molecule has 0 aromatic rings. The van der Waals surface area contributed by atoms with Gasteiger partial charge in [0, 0.05) is 6.08 Å². The van der Waals surface area contributed by atoms with Crippen molar-refractivity contribution in [2.45, 2.75) is 33.2 Å². The molecule has 0 aliphatic carbocycles. The van der Waals surface area contributed by atoms with E-state index in [2.05, 4.69) is 6.58 Å². The second-order valence-electron chi connectivity index (χ2n) is 2.39. The smallest absolute Gasteiger partial charge is 0.332 e. The summed E-state index contributed by atoms with van der Waals surface area (Å²) in [6.07, 6.45) is 0.670. The minimum atomic E-state index is -0.500. The summed E-state index contributed by atoms with van der Waals surface area (Å²) in [4.78, 5) is 10.6. The van der Waals surface area contributed by atoms with Crippen LogP contribution in [-0.2, 0) is 14.3 Å². The molecule has 0 heterocycles. The zero-order valence-electron chi connectivity index (χ0n) is 7.16. The molecule has 0 spiro atoms. The average molecular weight is 158 g/mol. The Bertz CT molecular complexity index is 140. The second kappa shape index (κ2) is 4.91. The Labute approximate surface area is 67.0 Å². The van der Waals surface area contributed by atoms with Gasteiger partial charge in [0.1, 0.15) is 0 Å². The summed E-state index contributed by atoms with van der Waals surface area (Å²) in [5.74, 6) is -0.460. The van der Waals surface area contributed by atoms with Crippen LogP contribution in [0.4, 0.5) is 0 Å². The van der Waals surface area contributed by atoms with Gasteiger partial charge in [-0.15, -0.1) is 0 Å². The number of esters is 1. The van der Waals surface area contributed by atoms with Crippen LogP contribution < -0.4 is 0 Å². The van der Waals surface area contributed by atoms with Gasteiger partial charge in [-0.1, -0.05) is 6.58 Å². The highest BCUT2D eigenvalue weighted by Gasteiger charge is 2.07. The fraction of sp³-hybridized carbons (Fsp3) is 0.625. The third kappa shape index (κ3) is 5.61. The Kier molecular flexibility index (Phi) is 4.54. The van der Waals surface area contributed by atoms with Gasteiger partial charge >= 0.3 is 5.97 Å². The van der Waals surface area contributed by atoms with Gasteiger partial charge < -0.3 is 9.47 Å². The molecular weight excluding hydrogens is 144 g/mol. The van der Waals surface area contributed by atoms with Crippen molar-refractivity contribution in [2.75, 3.05) is 0 Å². The van der Waals surface area contributed by atoms with Gasteiger partial charge in [0.15, 0.2) is 0 Å². The number of carbonyl (C=O) groups is 1. The maximum Gasteiger partial charge on any atom is 0.332 e. The van der Waals surface area contributed by atoms with E-state index in [4.69, 9.17) is 9.47 Å². The predicted octanol–water partition coefficient (Wildman–Crippen LogP) is 1.49. The van der Waals surface area contributed by atoms with Crippen LogP contribution in [0.5, 0.6) is 0 Å². The number of hydrogen-bond donors (Lipinski definition) is 0. The molecule has 11 heavy (non-hydrogen) atoms. The Balaban J connectivity index is 3.59. The molecule has 1 atom stereocenters. The molecule has 0 fully saturated rings. The highest BCUT2D eigenvalue weighted by molar-refractivity contribution is 5.81. The summed E-state index contributed by atoms with van der Waals surface area (Å²) in [7, 11) is 0. The molecule has 64 valence electrons. The summed E-state index contributed by atoms with van der Waals surface area (Å²) in [6, 6.07) is 0.